The number of hydrogen-bond donors (Lipinski definition) is 1. The van der Waals surface area contributed by atoms with Gasteiger partial charge >= 0.3 is 0 Å². The number of benzene rings is 1. The summed E-state index contributed by atoms with van der Waals surface area (Å²) in [5.74, 6) is -0.00909. The van der Waals surface area contributed by atoms with Crippen molar-refractivity contribution in [2.24, 2.45) is 0 Å². The molecule has 5 nitrogen and oxygen atoms in total. The fourth-order valence-corrected chi connectivity index (χ4v) is 5.17. The number of nitrogens with one attached hydrogen (secondary N) is 1. The molecule has 0 spiro atoms. The fourth-order valence-electron chi connectivity index (χ4n) is 3.35. The minimum atomic E-state index is -3.45. The lowest BCUT2D eigenvalue weighted by molar-refractivity contribution is -0.116. The van der Waals surface area contributed by atoms with Gasteiger partial charge in [-0.1, -0.05) is 13.3 Å². The first kappa shape index (κ1) is 15.5. The number of hydrogen-bond acceptors (Lipinski definition) is 3. The monoisotopic (exact) mass is 322 g/mol. The van der Waals surface area contributed by atoms with Crippen molar-refractivity contribution in [2.75, 3.05) is 11.9 Å². The topological polar surface area (TPSA) is 66.5 Å². The lowest BCUT2D eigenvalue weighted by Crippen LogP contribution is -2.43. The van der Waals surface area contributed by atoms with Gasteiger partial charge in [0.1, 0.15) is 0 Å². The molecule has 0 unspecified atom stereocenters. The number of carbonyl (C=O) groups excluding carboxylic acids is 1. The third-order valence-corrected chi connectivity index (χ3v) is 6.57. The van der Waals surface area contributed by atoms with Gasteiger partial charge in [0.15, 0.2) is 0 Å². The number of rotatable bonds is 3. The molecule has 2 heterocycles. The van der Waals surface area contributed by atoms with Crippen molar-refractivity contribution in [1.29, 1.82) is 0 Å². The largest absolute Gasteiger partial charge is 0.326 e. The summed E-state index contributed by atoms with van der Waals surface area (Å²) in [6, 6.07) is 5.16. The van der Waals surface area contributed by atoms with Crippen LogP contribution in [0.5, 0.6) is 0 Å². The number of fused-ring (bicyclic) bond motifs is 1. The van der Waals surface area contributed by atoms with Gasteiger partial charge in [0.25, 0.3) is 0 Å². The number of amides is 1. The quantitative estimate of drug-likeness (QED) is 0.930. The highest BCUT2D eigenvalue weighted by Crippen LogP contribution is 2.30. The van der Waals surface area contributed by atoms with Gasteiger partial charge < -0.3 is 5.32 Å². The molecular weight excluding hydrogens is 300 g/mol. The molecule has 1 atom stereocenters. The summed E-state index contributed by atoms with van der Waals surface area (Å²) in [6.07, 6.45) is 4.83. The second-order valence-electron chi connectivity index (χ2n) is 6.04. The van der Waals surface area contributed by atoms with Crippen LogP contribution in [-0.4, -0.2) is 31.2 Å². The van der Waals surface area contributed by atoms with Crippen molar-refractivity contribution < 1.29 is 13.2 Å². The Bertz CT molecular complexity index is 685. The lowest BCUT2D eigenvalue weighted by Gasteiger charge is -2.34. The Morgan fingerprint density at radius 3 is 2.86 bits per heavy atom. The Balaban J connectivity index is 1.93. The maximum absolute atomic E-state index is 12.9. The van der Waals surface area contributed by atoms with E-state index in [4.69, 9.17) is 0 Å². The Labute approximate surface area is 131 Å². The van der Waals surface area contributed by atoms with Gasteiger partial charge in [0.05, 0.1) is 4.90 Å². The molecule has 0 aliphatic carbocycles. The van der Waals surface area contributed by atoms with Gasteiger partial charge in [0, 0.05) is 24.7 Å². The minimum absolute atomic E-state index is 0.00909. The normalized spacial score (nSPS) is 23.0. The second-order valence-corrected chi connectivity index (χ2v) is 7.93. The number of carbonyl (C=O) groups is 1. The van der Waals surface area contributed by atoms with E-state index in [9.17, 15) is 13.2 Å². The molecule has 0 bridgehead atoms. The highest BCUT2D eigenvalue weighted by Gasteiger charge is 2.33. The minimum Gasteiger partial charge on any atom is -0.326 e. The molecule has 1 N–H and O–H groups in total. The van der Waals surface area contributed by atoms with Gasteiger partial charge in [-0.15, -0.1) is 0 Å². The lowest BCUT2D eigenvalue weighted by atomic mass is 10.0. The number of nitrogens with zero attached hydrogens (tertiary/aromatic N) is 1. The smallest absolute Gasteiger partial charge is 0.243 e. The summed E-state index contributed by atoms with van der Waals surface area (Å²) in [5.41, 5.74) is 1.65. The molecule has 2 aliphatic rings. The summed E-state index contributed by atoms with van der Waals surface area (Å²) in [5, 5.41) is 2.79. The van der Waals surface area contributed by atoms with Crippen LogP contribution < -0.4 is 5.32 Å². The number of aryl methyl sites for hydroxylation is 1. The Kier molecular flexibility index (Phi) is 4.23. The molecule has 1 amide bonds. The number of piperidine rings is 1. The van der Waals surface area contributed by atoms with Crippen LogP contribution in [0.2, 0.25) is 0 Å². The predicted molar refractivity (Wildman–Crippen MR) is 85.2 cm³/mol. The van der Waals surface area contributed by atoms with Crippen molar-refractivity contribution >= 4 is 21.6 Å². The molecule has 2 aliphatic heterocycles. The highest BCUT2D eigenvalue weighted by molar-refractivity contribution is 7.89. The second kappa shape index (κ2) is 6.01. The number of anilines is 1. The van der Waals surface area contributed by atoms with E-state index in [1.165, 1.54) is 0 Å². The van der Waals surface area contributed by atoms with Gasteiger partial charge in [-0.05, 0) is 49.4 Å². The molecule has 1 aromatic carbocycles. The maximum atomic E-state index is 12.9. The average Bonchev–Trinajstić information content (AvgIpc) is 2.54. The molecule has 1 aromatic rings. The van der Waals surface area contributed by atoms with E-state index in [0.29, 0.717) is 24.3 Å². The first-order valence-corrected chi connectivity index (χ1v) is 9.41. The Hall–Kier alpha value is -1.40. The molecule has 0 saturated carbocycles. The zero-order valence-corrected chi connectivity index (χ0v) is 13.7. The first-order valence-electron chi connectivity index (χ1n) is 7.97. The third kappa shape index (κ3) is 2.77. The molecule has 22 heavy (non-hydrogen) atoms. The summed E-state index contributed by atoms with van der Waals surface area (Å²) in [6.45, 7) is 2.65. The Morgan fingerprint density at radius 2 is 2.09 bits per heavy atom. The number of sulfonamides is 1. The third-order valence-electron chi connectivity index (χ3n) is 4.62. The van der Waals surface area contributed by atoms with Crippen LogP contribution in [0, 0.1) is 0 Å². The van der Waals surface area contributed by atoms with E-state index in [1.54, 1.807) is 22.5 Å². The van der Waals surface area contributed by atoms with Crippen LogP contribution in [0.1, 0.15) is 44.6 Å². The Morgan fingerprint density at radius 1 is 1.27 bits per heavy atom. The zero-order chi connectivity index (χ0) is 15.7. The van der Waals surface area contributed by atoms with E-state index in [1.807, 2.05) is 6.92 Å². The van der Waals surface area contributed by atoms with Gasteiger partial charge in [0.2, 0.25) is 15.9 Å². The van der Waals surface area contributed by atoms with Gasteiger partial charge in [-0.25, -0.2) is 8.42 Å². The van der Waals surface area contributed by atoms with Crippen molar-refractivity contribution in [2.45, 2.75) is 56.4 Å². The van der Waals surface area contributed by atoms with Crippen LogP contribution >= 0.6 is 0 Å². The van der Waals surface area contributed by atoms with Crippen LogP contribution in [0.25, 0.3) is 0 Å². The van der Waals surface area contributed by atoms with Crippen molar-refractivity contribution in [1.82, 2.24) is 4.31 Å². The average molecular weight is 322 g/mol. The molecule has 0 aromatic heterocycles. The molecule has 1 saturated heterocycles. The van der Waals surface area contributed by atoms with E-state index in [0.717, 1.165) is 36.9 Å². The molecule has 120 valence electrons. The standard InChI is InChI=1S/C16H22N2O3S/c1-2-13-5-3-4-10-18(13)22(20,21)14-7-8-15-12(11-14)6-9-16(19)17-15/h7-8,11,13H,2-6,9-10H2,1H3,(H,17,19)/t13-/m1/s1. The van der Waals surface area contributed by atoms with E-state index in [2.05, 4.69) is 5.32 Å². The molecule has 6 heteroatoms. The maximum Gasteiger partial charge on any atom is 0.243 e. The predicted octanol–water partition coefficient (Wildman–Crippen LogP) is 2.52. The van der Waals surface area contributed by atoms with E-state index < -0.39 is 10.0 Å². The van der Waals surface area contributed by atoms with Crippen LogP contribution in [-0.2, 0) is 21.2 Å². The zero-order valence-electron chi connectivity index (χ0n) is 12.8. The molecule has 3 rings (SSSR count). The highest BCUT2D eigenvalue weighted by atomic mass is 32.2. The summed E-state index contributed by atoms with van der Waals surface area (Å²) in [7, 11) is -3.45. The van der Waals surface area contributed by atoms with Crippen LogP contribution in [0.4, 0.5) is 5.69 Å². The summed E-state index contributed by atoms with van der Waals surface area (Å²) < 4.78 is 27.6. The molecular formula is C16H22N2O3S. The van der Waals surface area contributed by atoms with Crippen molar-refractivity contribution in [3.8, 4) is 0 Å². The molecule has 1 fully saturated rings. The summed E-state index contributed by atoms with van der Waals surface area (Å²) >= 11 is 0. The van der Waals surface area contributed by atoms with Gasteiger partial charge in [-0.2, -0.15) is 4.31 Å². The van der Waals surface area contributed by atoms with E-state index in [-0.39, 0.29) is 11.9 Å². The molecule has 0 radical (unpaired) electrons. The van der Waals surface area contributed by atoms with Crippen LogP contribution in [0.3, 0.4) is 0 Å². The van der Waals surface area contributed by atoms with Crippen LogP contribution in [0.15, 0.2) is 23.1 Å². The fraction of sp³-hybridized carbons (Fsp3) is 0.562. The van der Waals surface area contributed by atoms with E-state index >= 15 is 0 Å². The van der Waals surface area contributed by atoms with Crippen molar-refractivity contribution in [3.05, 3.63) is 23.8 Å². The van der Waals surface area contributed by atoms with Crippen molar-refractivity contribution in [3.63, 3.8) is 0 Å². The SMILES string of the molecule is CC[C@@H]1CCCCN1S(=O)(=O)c1ccc2c(c1)CCC(=O)N2. The van der Waals surface area contributed by atoms with Gasteiger partial charge in [-0.3, -0.25) is 4.79 Å². The first-order chi connectivity index (χ1) is 10.5. The summed E-state index contributed by atoms with van der Waals surface area (Å²) in [4.78, 5) is 11.7.